The van der Waals surface area contributed by atoms with Crippen LogP contribution in [0.4, 0.5) is 0 Å². The molecule has 0 fully saturated rings. The number of carboxylic acid groups (broad SMARTS) is 1. The summed E-state index contributed by atoms with van der Waals surface area (Å²) in [5.74, 6) is -0.689. The zero-order valence-electron chi connectivity index (χ0n) is 6.86. The summed E-state index contributed by atoms with van der Waals surface area (Å²) in [6, 6.07) is 0. The molecule has 0 spiro atoms. The van der Waals surface area contributed by atoms with Crippen molar-refractivity contribution in [2.24, 2.45) is 0 Å². The van der Waals surface area contributed by atoms with E-state index in [1.54, 1.807) is 0 Å². The summed E-state index contributed by atoms with van der Waals surface area (Å²) in [5.41, 5.74) is 1.28. The number of carboxylic acids is 1. The first-order valence-electron chi connectivity index (χ1n) is 4.05. The predicted molar refractivity (Wildman–Crippen MR) is 41.1 cm³/mol. The lowest BCUT2D eigenvalue weighted by Gasteiger charge is -2.00. The molecule has 13 heavy (non-hydrogen) atoms. The maximum atomic E-state index is 10.4. The molecule has 1 heterocycles. The van der Waals surface area contributed by atoms with E-state index in [0.29, 0.717) is 24.1 Å². The summed E-state index contributed by atoms with van der Waals surface area (Å²) in [7, 11) is 0. The number of hydrogen-bond acceptors (Lipinski definition) is 4. The van der Waals surface area contributed by atoms with Gasteiger partial charge in [0.2, 0.25) is 0 Å². The first-order chi connectivity index (χ1) is 6.18. The molecule has 0 radical (unpaired) electrons. The van der Waals surface area contributed by atoms with Gasteiger partial charge in [0.05, 0.1) is 11.8 Å². The number of aromatic nitrogens is 1. The van der Waals surface area contributed by atoms with Crippen molar-refractivity contribution in [2.45, 2.75) is 25.4 Å². The molecule has 0 saturated heterocycles. The summed E-state index contributed by atoms with van der Waals surface area (Å²) in [6.07, 6.45) is 0.468. The van der Waals surface area contributed by atoms with E-state index in [1.807, 2.05) is 0 Å². The van der Waals surface area contributed by atoms with E-state index in [9.17, 15) is 9.90 Å². The van der Waals surface area contributed by atoms with Crippen LogP contribution < -0.4 is 0 Å². The summed E-state index contributed by atoms with van der Waals surface area (Å²) in [6.45, 7) is 0. The Labute approximate surface area is 74.0 Å². The Balaban J connectivity index is 2.32. The second kappa shape index (κ2) is 2.85. The maximum Gasteiger partial charge on any atom is 0.311 e. The fourth-order valence-electron chi connectivity index (χ4n) is 1.61. The highest BCUT2D eigenvalue weighted by atomic mass is 16.5. The third-order valence-electron chi connectivity index (χ3n) is 2.18. The first kappa shape index (κ1) is 8.25. The zero-order valence-corrected chi connectivity index (χ0v) is 6.86. The van der Waals surface area contributed by atoms with Gasteiger partial charge < -0.3 is 14.7 Å². The van der Waals surface area contributed by atoms with Crippen molar-refractivity contribution in [1.29, 1.82) is 0 Å². The van der Waals surface area contributed by atoms with Crippen LogP contribution in [-0.4, -0.2) is 21.3 Å². The van der Waals surface area contributed by atoms with E-state index in [4.69, 9.17) is 9.63 Å². The van der Waals surface area contributed by atoms with Crippen LogP contribution in [0.15, 0.2) is 4.52 Å². The highest BCUT2D eigenvalue weighted by molar-refractivity contribution is 5.70. The summed E-state index contributed by atoms with van der Waals surface area (Å²) in [5, 5.41) is 21.7. The molecule has 1 atom stereocenters. The standard InChI is InChI=1S/C8H9NO4/c10-5-2-1-4-8(5)6(13-9-4)3-7(11)12/h5,10H,1-3H2,(H,11,12). The van der Waals surface area contributed by atoms with Crippen molar-refractivity contribution in [3.63, 3.8) is 0 Å². The Morgan fingerprint density at radius 3 is 3.15 bits per heavy atom. The van der Waals surface area contributed by atoms with E-state index >= 15 is 0 Å². The molecule has 5 nitrogen and oxygen atoms in total. The smallest absolute Gasteiger partial charge is 0.311 e. The summed E-state index contributed by atoms with van der Waals surface area (Å²) in [4.78, 5) is 10.4. The predicted octanol–water partition coefficient (Wildman–Crippen LogP) is 0.281. The van der Waals surface area contributed by atoms with Gasteiger partial charge in [0.25, 0.3) is 0 Å². The number of nitrogens with zero attached hydrogens (tertiary/aromatic N) is 1. The maximum absolute atomic E-state index is 10.4. The monoisotopic (exact) mass is 183 g/mol. The normalized spacial score (nSPS) is 20.2. The van der Waals surface area contributed by atoms with Crippen LogP contribution in [-0.2, 0) is 17.6 Å². The van der Waals surface area contributed by atoms with Crippen LogP contribution in [0.1, 0.15) is 29.5 Å². The average Bonchev–Trinajstić information content (AvgIpc) is 2.56. The van der Waals surface area contributed by atoms with Crippen molar-refractivity contribution in [2.75, 3.05) is 0 Å². The Morgan fingerprint density at radius 1 is 1.69 bits per heavy atom. The van der Waals surface area contributed by atoms with Gasteiger partial charge in [0.15, 0.2) is 5.76 Å². The number of rotatable bonds is 2. The van der Waals surface area contributed by atoms with Crippen LogP contribution in [0.3, 0.4) is 0 Å². The van der Waals surface area contributed by atoms with Crippen LogP contribution in [0, 0.1) is 0 Å². The molecule has 1 aliphatic rings. The Morgan fingerprint density at radius 2 is 2.46 bits per heavy atom. The quantitative estimate of drug-likeness (QED) is 0.688. The van der Waals surface area contributed by atoms with Crippen molar-refractivity contribution in [3.05, 3.63) is 17.0 Å². The van der Waals surface area contributed by atoms with Gasteiger partial charge in [-0.3, -0.25) is 4.79 Å². The largest absolute Gasteiger partial charge is 0.481 e. The van der Waals surface area contributed by atoms with Crippen LogP contribution in [0.2, 0.25) is 0 Å². The number of carbonyl (C=O) groups is 1. The van der Waals surface area contributed by atoms with Gasteiger partial charge in [-0.15, -0.1) is 0 Å². The Kier molecular flexibility index (Phi) is 1.81. The molecule has 2 N–H and O–H groups in total. The third-order valence-corrected chi connectivity index (χ3v) is 2.18. The molecular formula is C8H9NO4. The fourth-order valence-corrected chi connectivity index (χ4v) is 1.61. The highest BCUT2D eigenvalue weighted by Crippen LogP contribution is 2.33. The van der Waals surface area contributed by atoms with Gasteiger partial charge in [-0.2, -0.15) is 0 Å². The Bertz CT molecular complexity index is 344. The lowest BCUT2D eigenvalue weighted by molar-refractivity contribution is -0.136. The van der Waals surface area contributed by atoms with Crippen LogP contribution in [0.5, 0.6) is 0 Å². The molecule has 1 aromatic rings. The Hall–Kier alpha value is -1.36. The molecule has 5 heteroatoms. The fraction of sp³-hybridized carbons (Fsp3) is 0.500. The summed E-state index contributed by atoms with van der Waals surface area (Å²) >= 11 is 0. The van der Waals surface area contributed by atoms with Gasteiger partial charge in [0.1, 0.15) is 6.42 Å². The minimum atomic E-state index is -0.974. The van der Waals surface area contributed by atoms with Crippen molar-refractivity contribution in [3.8, 4) is 0 Å². The number of fused-ring (bicyclic) bond motifs is 1. The molecule has 0 saturated carbocycles. The number of hydrogen-bond donors (Lipinski definition) is 2. The van der Waals surface area contributed by atoms with Crippen molar-refractivity contribution in [1.82, 2.24) is 5.16 Å². The van der Waals surface area contributed by atoms with E-state index in [1.165, 1.54) is 0 Å². The van der Waals surface area contributed by atoms with Gasteiger partial charge in [-0.1, -0.05) is 5.16 Å². The number of aliphatic hydroxyl groups excluding tert-OH is 1. The topological polar surface area (TPSA) is 83.6 Å². The number of aliphatic carboxylic acids is 1. The molecule has 70 valence electrons. The molecule has 0 bridgehead atoms. The van der Waals surface area contributed by atoms with E-state index in [2.05, 4.69) is 5.16 Å². The SMILES string of the molecule is O=C(O)Cc1onc2c1C(O)CC2. The minimum absolute atomic E-state index is 0.209. The van der Waals surface area contributed by atoms with Gasteiger partial charge in [-0.05, 0) is 12.8 Å². The molecule has 0 aromatic carbocycles. The molecule has 0 aliphatic heterocycles. The highest BCUT2D eigenvalue weighted by Gasteiger charge is 2.29. The first-order valence-corrected chi connectivity index (χ1v) is 4.05. The van der Waals surface area contributed by atoms with Crippen molar-refractivity contribution >= 4 is 5.97 Å². The minimum Gasteiger partial charge on any atom is -0.481 e. The van der Waals surface area contributed by atoms with E-state index in [-0.39, 0.29) is 12.2 Å². The molecular weight excluding hydrogens is 174 g/mol. The van der Waals surface area contributed by atoms with Gasteiger partial charge in [-0.25, -0.2) is 0 Å². The molecule has 1 unspecified atom stereocenters. The zero-order chi connectivity index (χ0) is 9.42. The second-order valence-electron chi connectivity index (χ2n) is 3.09. The van der Waals surface area contributed by atoms with Crippen LogP contribution >= 0.6 is 0 Å². The van der Waals surface area contributed by atoms with E-state index < -0.39 is 12.1 Å². The van der Waals surface area contributed by atoms with Gasteiger partial charge in [0, 0.05) is 5.56 Å². The summed E-state index contributed by atoms with van der Waals surface area (Å²) < 4.78 is 4.83. The molecule has 1 aliphatic carbocycles. The average molecular weight is 183 g/mol. The van der Waals surface area contributed by atoms with Crippen LogP contribution in [0.25, 0.3) is 0 Å². The third kappa shape index (κ3) is 1.31. The lowest BCUT2D eigenvalue weighted by Crippen LogP contribution is -2.02. The molecule has 0 amide bonds. The lowest BCUT2D eigenvalue weighted by atomic mass is 10.1. The van der Waals surface area contributed by atoms with E-state index in [0.717, 1.165) is 0 Å². The number of aliphatic hydroxyl groups is 1. The second-order valence-corrected chi connectivity index (χ2v) is 3.09. The molecule has 1 aromatic heterocycles. The molecule has 2 rings (SSSR count). The van der Waals surface area contributed by atoms with Gasteiger partial charge >= 0.3 is 5.97 Å². The van der Waals surface area contributed by atoms with Crippen molar-refractivity contribution < 1.29 is 19.5 Å². The number of aryl methyl sites for hydroxylation is 1.